The number of hydrogen-bond acceptors (Lipinski definition) is 1. The molecule has 0 amide bonds. The summed E-state index contributed by atoms with van der Waals surface area (Å²) in [6.07, 6.45) is 4.60. The molecule has 0 spiro atoms. The molecule has 0 rings (SSSR count). The lowest BCUT2D eigenvalue weighted by Gasteiger charge is -1.96. The Labute approximate surface area is 74.7 Å². The van der Waals surface area contributed by atoms with Gasteiger partial charge in [-0.05, 0) is 31.9 Å². The topological polar surface area (TPSA) is 23.8 Å². The lowest BCUT2D eigenvalue weighted by Crippen LogP contribution is -1.81. The van der Waals surface area contributed by atoms with Crippen LogP contribution in [0.25, 0.3) is 0 Å². The van der Waals surface area contributed by atoms with Crippen molar-refractivity contribution >= 4 is 0 Å². The standard InChI is InChI=1S/C11H15N/c1-5-9(3)7-11(8-12)10(4)6-2/h6-7H,2,5H2,1,3-4H3/b9-7-,11-10+. The molecule has 1 nitrogen and oxygen atoms in total. The molecule has 12 heavy (non-hydrogen) atoms. The second-order valence-corrected chi connectivity index (χ2v) is 2.76. The van der Waals surface area contributed by atoms with Gasteiger partial charge in [-0.2, -0.15) is 5.26 Å². The molecular weight excluding hydrogens is 146 g/mol. The van der Waals surface area contributed by atoms with Crippen LogP contribution in [0.15, 0.2) is 35.5 Å². The van der Waals surface area contributed by atoms with Gasteiger partial charge in [0.1, 0.15) is 0 Å². The van der Waals surface area contributed by atoms with Gasteiger partial charge in [-0.25, -0.2) is 0 Å². The number of hydrogen-bond donors (Lipinski definition) is 0. The van der Waals surface area contributed by atoms with Gasteiger partial charge in [0.15, 0.2) is 0 Å². The van der Waals surface area contributed by atoms with E-state index in [0.29, 0.717) is 5.57 Å². The minimum Gasteiger partial charge on any atom is -0.192 e. The molecule has 0 N–H and O–H groups in total. The minimum absolute atomic E-state index is 0.712. The molecule has 0 aromatic heterocycles. The maximum atomic E-state index is 8.77. The second kappa shape index (κ2) is 5.37. The highest BCUT2D eigenvalue weighted by molar-refractivity contribution is 5.42. The molecule has 0 aliphatic rings. The normalized spacial score (nSPS) is 13.3. The van der Waals surface area contributed by atoms with Gasteiger partial charge in [0.05, 0.1) is 11.6 Å². The Morgan fingerprint density at radius 3 is 2.42 bits per heavy atom. The fraction of sp³-hybridized carbons (Fsp3) is 0.364. The molecule has 0 unspecified atom stereocenters. The van der Waals surface area contributed by atoms with E-state index in [-0.39, 0.29) is 0 Å². The van der Waals surface area contributed by atoms with E-state index in [9.17, 15) is 0 Å². The molecule has 0 bridgehead atoms. The monoisotopic (exact) mass is 161 g/mol. The predicted octanol–water partition coefficient (Wildman–Crippen LogP) is 3.37. The number of nitriles is 1. The lowest BCUT2D eigenvalue weighted by molar-refractivity contribution is 1.09. The molecule has 0 saturated heterocycles. The van der Waals surface area contributed by atoms with Crippen LogP contribution in [-0.4, -0.2) is 0 Å². The van der Waals surface area contributed by atoms with Gasteiger partial charge in [0.2, 0.25) is 0 Å². The van der Waals surface area contributed by atoms with Crippen LogP contribution in [0.2, 0.25) is 0 Å². The maximum Gasteiger partial charge on any atom is 0.0994 e. The van der Waals surface area contributed by atoms with E-state index in [1.807, 2.05) is 19.9 Å². The van der Waals surface area contributed by atoms with Gasteiger partial charge in [0.25, 0.3) is 0 Å². The van der Waals surface area contributed by atoms with Crippen molar-refractivity contribution in [3.05, 3.63) is 35.5 Å². The first-order chi connectivity index (χ1) is 5.65. The summed E-state index contributed by atoms with van der Waals surface area (Å²) in [6.45, 7) is 9.61. The Kier molecular flexibility index (Phi) is 4.79. The highest BCUT2D eigenvalue weighted by Gasteiger charge is 1.94. The van der Waals surface area contributed by atoms with E-state index in [0.717, 1.165) is 12.0 Å². The van der Waals surface area contributed by atoms with Crippen molar-refractivity contribution in [3.63, 3.8) is 0 Å². The Morgan fingerprint density at radius 2 is 2.08 bits per heavy atom. The molecular formula is C11H15N. The third-order valence-corrected chi connectivity index (χ3v) is 1.80. The van der Waals surface area contributed by atoms with E-state index < -0.39 is 0 Å². The SMILES string of the molecule is C=C/C(C)=C(C#N)\C=C(\C)CC. The lowest BCUT2D eigenvalue weighted by atomic mass is 10.1. The summed E-state index contributed by atoms with van der Waals surface area (Å²) in [6, 6.07) is 2.15. The fourth-order valence-electron chi connectivity index (χ4n) is 0.693. The second-order valence-electron chi connectivity index (χ2n) is 2.76. The first-order valence-electron chi connectivity index (χ1n) is 4.06. The van der Waals surface area contributed by atoms with Crippen LogP contribution in [0.4, 0.5) is 0 Å². The molecule has 0 aliphatic heterocycles. The maximum absolute atomic E-state index is 8.77. The van der Waals surface area contributed by atoms with Crippen LogP contribution >= 0.6 is 0 Å². The van der Waals surface area contributed by atoms with E-state index in [2.05, 4.69) is 19.6 Å². The summed E-state index contributed by atoms with van der Waals surface area (Å²) in [7, 11) is 0. The van der Waals surface area contributed by atoms with Crippen LogP contribution in [0.5, 0.6) is 0 Å². The predicted molar refractivity (Wildman–Crippen MR) is 52.6 cm³/mol. The molecule has 0 atom stereocenters. The van der Waals surface area contributed by atoms with E-state index in [4.69, 9.17) is 5.26 Å². The molecule has 64 valence electrons. The summed E-state index contributed by atoms with van der Waals surface area (Å²) in [5, 5.41) is 8.77. The Bertz CT molecular complexity index is 261. The Balaban J connectivity index is 4.85. The fourth-order valence-corrected chi connectivity index (χ4v) is 0.693. The van der Waals surface area contributed by atoms with Gasteiger partial charge in [-0.15, -0.1) is 0 Å². The molecule has 0 aromatic rings. The summed E-state index contributed by atoms with van der Waals surface area (Å²) < 4.78 is 0. The average Bonchev–Trinajstić information content (AvgIpc) is 2.12. The quantitative estimate of drug-likeness (QED) is 0.460. The number of allylic oxidation sites excluding steroid dienone is 5. The largest absolute Gasteiger partial charge is 0.192 e. The van der Waals surface area contributed by atoms with Crippen molar-refractivity contribution in [1.29, 1.82) is 5.26 Å². The van der Waals surface area contributed by atoms with Gasteiger partial charge in [-0.1, -0.05) is 25.2 Å². The van der Waals surface area contributed by atoms with Crippen LogP contribution in [0.1, 0.15) is 27.2 Å². The first-order valence-corrected chi connectivity index (χ1v) is 4.06. The van der Waals surface area contributed by atoms with Gasteiger partial charge < -0.3 is 0 Å². The van der Waals surface area contributed by atoms with E-state index >= 15 is 0 Å². The van der Waals surface area contributed by atoms with Crippen molar-refractivity contribution < 1.29 is 0 Å². The summed E-state index contributed by atoms with van der Waals surface area (Å²) in [5.74, 6) is 0. The highest BCUT2D eigenvalue weighted by atomic mass is 14.2. The van der Waals surface area contributed by atoms with Gasteiger partial charge in [-0.3, -0.25) is 0 Å². The molecule has 0 radical (unpaired) electrons. The number of nitrogens with zero attached hydrogens (tertiary/aromatic N) is 1. The summed E-state index contributed by atoms with van der Waals surface area (Å²) in [5.41, 5.74) is 2.86. The minimum atomic E-state index is 0.712. The van der Waals surface area contributed by atoms with Crippen LogP contribution in [0.3, 0.4) is 0 Å². The van der Waals surface area contributed by atoms with Gasteiger partial charge in [0, 0.05) is 0 Å². The average molecular weight is 161 g/mol. The molecule has 1 heteroatoms. The zero-order valence-corrected chi connectivity index (χ0v) is 8.02. The zero-order valence-electron chi connectivity index (χ0n) is 8.02. The first kappa shape index (κ1) is 10.7. The third-order valence-electron chi connectivity index (χ3n) is 1.80. The van der Waals surface area contributed by atoms with Crippen molar-refractivity contribution in [1.82, 2.24) is 0 Å². The Morgan fingerprint density at radius 1 is 1.50 bits per heavy atom. The summed E-state index contributed by atoms with van der Waals surface area (Å²) in [4.78, 5) is 0. The smallest absolute Gasteiger partial charge is 0.0994 e. The van der Waals surface area contributed by atoms with Crippen LogP contribution < -0.4 is 0 Å². The van der Waals surface area contributed by atoms with Crippen molar-refractivity contribution in [3.8, 4) is 6.07 Å². The van der Waals surface area contributed by atoms with Crippen molar-refractivity contribution in [2.45, 2.75) is 27.2 Å². The number of rotatable bonds is 3. The van der Waals surface area contributed by atoms with E-state index in [1.54, 1.807) is 6.08 Å². The van der Waals surface area contributed by atoms with Gasteiger partial charge >= 0.3 is 0 Å². The molecule has 0 heterocycles. The van der Waals surface area contributed by atoms with Crippen LogP contribution in [-0.2, 0) is 0 Å². The highest BCUT2D eigenvalue weighted by Crippen LogP contribution is 2.10. The van der Waals surface area contributed by atoms with Crippen molar-refractivity contribution in [2.24, 2.45) is 0 Å². The molecule has 0 fully saturated rings. The zero-order chi connectivity index (χ0) is 9.56. The molecule has 0 saturated carbocycles. The summed E-state index contributed by atoms with van der Waals surface area (Å²) >= 11 is 0. The Hall–Kier alpha value is -1.29. The molecule has 0 aliphatic carbocycles. The van der Waals surface area contributed by atoms with Crippen molar-refractivity contribution in [2.75, 3.05) is 0 Å². The van der Waals surface area contributed by atoms with E-state index in [1.165, 1.54) is 5.57 Å². The molecule has 0 aromatic carbocycles. The van der Waals surface area contributed by atoms with Crippen LogP contribution in [0, 0.1) is 11.3 Å². The third kappa shape index (κ3) is 3.21.